The van der Waals surface area contributed by atoms with Gasteiger partial charge in [-0.05, 0) is 30.2 Å². The van der Waals surface area contributed by atoms with Crippen molar-refractivity contribution < 1.29 is 35.9 Å². The molecule has 1 aliphatic rings. The number of nitrogens with zero attached hydrogens (tertiary/aromatic N) is 1. The van der Waals surface area contributed by atoms with Crippen LogP contribution in [0.5, 0.6) is 5.75 Å². The molecular formula is C17H13ClF6N2O2. The van der Waals surface area contributed by atoms with Crippen LogP contribution >= 0.6 is 11.6 Å². The molecule has 0 spiro atoms. The SMILES string of the molecule is N#CC1=CC(Cl)C(c2ccc(OCCCC(F)(F)F)cc2)(C(F)(F)F)NC1=O. The first-order valence-corrected chi connectivity index (χ1v) is 8.29. The third-order valence-corrected chi connectivity index (χ3v) is 4.49. The summed E-state index contributed by atoms with van der Waals surface area (Å²) in [6.07, 6.45) is -9.94. The largest absolute Gasteiger partial charge is 0.494 e. The summed E-state index contributed by atoms with van der Waals surface area (Å²) < 4.78 is 82.9. The lowest BCUT2D eigenvalue weighted by Crippen LogP contribution is -2.63. The van der Waals surface area contributed by atoms with Crippen LogP contribution in [0.2, 0.25) is 0 Å². The molecule has 2 atom stereocenters. The number of carbonyl (C=O) groups is 1. The summed E-state index contributed by atoms with van der Waals surface area (Å²) in [7, 11) is 0. The monoisotopic (exact) mass is 426 g/mol. The Bertz CT molecular complexity index is 798. The Labute approximate surface area is 160 Å². The molecule has 2 unspecified atom stereocenters. The van der Waals surface area contributed by atoms with Crippen molar-refractivity contribution in [2.45, 2.75) is 36.1 Å². The highest BCUT2D eigenvalue weighted by molar-refractivity contribution is 6.24. The summed E-state index contributed by atoms with van der Waals surface area (Å²) in [5, 5.41) is 8.79. The molecule has 0 aliphatic carbocycles. The quantitative estimate of drug-likeness (QED) is 0.432. The maximum atomic E-state index is 13.8. The van der Waals surface area contributed by atoms with Gasteiger partial charge in [0.25, 0.3) is 5.91 Å². The molecule has 4 nitrogen and oxygen atoms in total. The second kappa shape index (κ2) is 7.91. The van der Waals surface area contributed by atoms with Crippen molar-refractivity contribution in [1.29, 1.82) is 5.26 Å². The van der Waals surface area contributed by atoms with Gasteiger partial charge in [-0.1, -0.05) is 12.1 Å². The molecule has 0 radical (unpaired) electrons. The minimum absolute atomic E-state index is 0.0600. The number of nitrogens with one attached hydrogen (secondary N) is 1. The maximum Gasteiger partial charge on any atom is 0.417 e. The number of ether oxygens (including phenoxy) is 1. The Kier molecular flexibility index (Phi) is 6.18. The molecule has 1 aliphatic heterocycles. The summed E-state index contributed by atoms with van der Waals surface area (Å²) in [6.45, 7) is -0.271. The van der Waals surface area contributed by atoms with Crippen molar-refractivity contribution in [3.8, 4) is 11.8 Å². The Morgan fingerprint density at radius 3 is 2.29 bits per heavy atom. The molecule has 1 N–H and O–H groups in total. The summed E-state index contributed by atoms with van der Waals surface area (Å²) in [5.41, 5.74) is -3.92. The average molecular weight is 427 g/mol. The molecule has 0 saturated carbocycles. The predicted molar refractivity (Wildman–Crippen MR) is 86.4 cm³/mol. The molecule has 28 heavy (non-hydrogen) atoms. The van der Waals surface area contributed by atoms with Crippen LogP contribution in [-0.2, 0) is 10.3 Å². The van der Waals surface area contributed by atoms with Gasteiger partial charge in [0.2, 0.25) is 0 Å². The lowest BCUT2D eigenvalue weighted by atomic mass is 9.82. The van der Waals surface area contributed by atoms with Crippen LogP contribution in [0.3, 0.4) is 0 Å². The first-order chi connectivity index (χ1) is 12.9. The molecular weight excluding hydrogens is 414 g/mol. The van der Waals surface area contributed by atoms with Crippen LogP contribution in [0, 0.1) is 11.3 Å². The molecule has 0 saturated heterocycles. The van der Waals surface area contributed by atoms with Gasteiger partial charge >= 0.3 is 12.4 Å². The Hall–Kier alpha value is -2.41. The van der Waals surface area contributed by atoms with E-state index in [9.17, 15) is 31.1 Å². The third-order valence-electron chi connectivity index (χ3n) is 4.03. The van der Waals surface area contributed by atoms with Crippen LogP contribution in [0.25, 0.3) is 0 Å². The van der Waals surface area contributed by atoms with Gasteiger partial charge in [-0.2, -0.15) is 31.6 Å². The Morgan fingerprint density at radius 2 is 1.79 bits per heavy atom. The molecule has 1 aromatic rings. The first-order valence-electron chi connectivity index (χ1n) is 7.86. The number of rotatable bonds is 5. The number of alkyl halides is 7. The van der Waals surface area contributed by atoms with E-state index in [1.165, 1.54) is 6.07 Å². The highest BCUT2D eigenvalue weighted by Gasteiger charge is 2.62. The van der Waals surface area contributed by atoms with Gasteiger partial charge in [0.1, 0.15) is 17.4 Å². The Balaban J connectivity index is 2.24. The number of nitriles is 1. The fourth-order valence-electron chi connectivity index (χ4n) is 2.65. The number of hydrogen-bond acceptors (Lipinski definition) is 3. The van der Waals surface area contributed by atoms with Gasteiger partial charge in [-0.25, -0.2) is 0 Å². The molecule has 1 amide bonds. The zero-order chi connectivity index (χ0) is 21.2. The van der Waals surface area contributed by atoms with E-state index >= 15 is 0 Å². The molecule has 0 fully saturated rings. The molecule has 11 heteroatoms. The Morgan fingerprint density at radius 1 is 1.18 bits per heavy atom. The highest BCUT2D eigenvalue weighted by Crippen LogP contribution is 2.46. The van der Waals surface area contributed by atoms with Gasteiger partial charge in [0.15, 0.2) is 5.54 Å². The van der Waals surface area contributed by atoms with Crippen LogP contribution in [0.4, 0.5) is 26.3 Å². The number of halogens is 7. The van der Waals surface area contributed by atoms with Crippen molar-refractivity contribution in [1.82, 2.24) is 5.32 Å². The lowest BCUT2D eigenvalue weighted by molar-refractivity contribution is -0.201. The van der Waals surface area contributed by atoms with Crippen molar-refractivity contribution in [3.05, 3.63) is 41.5 Å². The lowest BCUT2D eigenvalue weighted by Gasteiger charge is -2.41. The number of hydrogen-bond donors (Lipinski definition) is 1. The molecule has 0 bridgehead atoms. The van der Waals surface area contributed by atoms with E-state index in [-0.39, 0.29) is 18.8 Å². The summed E-state index contributed by atoms with van der Waals surface area (Å²) in [4.78, 5) is 11.9. The van der Waals surface area contributed by atoms with E-state index in [0.717, 1.165) is 30.3 Å². The zero-order valence-electron chi connectivity index (χ0n) is 14.0. The minimum Gasteiger partial charge on any atom is -0.494 e. The number of amides is 1. The highest BCUT2D eigenvalue weighted by atomic mass is 35.5. The summed E-state index contributed by atoms with van der Waals surface area (Å²) >= 11 is 5.88. The second-order valence-corrected chi connectivity index (χ2v) is 6.42. The van der Waals surface area contributed by atoms with E-state index in [2.05, 4.69) is 0 Å². The van der Waals surface area contributed by atoms with E-state index in [1.807, 2.05) is 0 Å². The number of benzene rings is 1. The van der Waals surface area contributed by atoms with Crippen LogP contribution in [0.15, 0.2) is 35.9 Å². The van der Waals surface area contributed by atoms with E-state index in [4.69, 9.17) is 21.6 Å². The maximum absolute atomic E-state index is 13.8. The van der Waals surface area contributed by atoms with Crippen molar-refractivity contribution in [2.75, 3.05) is 6.61 Å². The fourth-order valence-corrected chi connectivity index (χ4v) is 3.08. The van der Waals surface area contributed by atoms with Gasteiger partial charge in [0.05, 0.1) is 12.0 Å². The second-order valence-electron chi connectivity index (χ2n) is 5.95. The molecule has 1 aromatic carbocycles. The topological polar surface area (TPSA) is 62.1 Å². The van der Waals surface area contributed by atoms with Crippen molar-refractivity contribution in [2.24, 2.45) is 0 Å². The predicted octanol–water partition coefficient (Wildman–Crippen LogP) is 4.35. The molecule has 0 aromatic heterocycles. The standard InChI is InChI=1S/C17H13ClF6N2O2/c18-13-8-10(9-25)14(27)26-16(13,17(22,23)24)11-2-4-12(5-3-11)28-7-1-6-15(19,20)21/h2-5,8,13H,1,6-7H2,(H,26,27). The number of carbonyl (C=O) groups excluding carboxylic acids is 1. The summed E-state index contributed by atoms with van der Waals surface area (Å²) in [6, 6.07) is 5.75. The first kappa shape index (κ1) is 21.9. The normalized spacial score (nSPS) is 22.9. The van der Waals surface area contributed by atoms with E-state index in [1.54, 1.807) is 5.32 Å². The van der Waals surface area contributed by atoms with Gasteiger partial charge in [-0.15, -0.1) is 11.6 Å². The van der Waals surface area contributed by atoms with E-state index in [0.29, 0.717) is 0 Å². The molecule has 2 rings (SSSR count). The van der Waals surface area contributed by atoms with Gasteiger partial charge in [-0.3, -0.25) is 4.79 Å². The molecule has 152 valence electrons. The summed E-state index contributed by atoms with van der Waals surface area (Å²) in [5.74, 6) is -1.16. The smallest absolute Gasteiger partial charge is 0.417 e. The van der Waals surface area contributed by atoms with Crippen LogP contribution in [0.1, 0.15) is 18.4 Å². The third kappa shape index (κ3) is 4.52. The fraction of sp³-hybridized carbons (Fsp3) is 0.412. The van der Waals surface area contributed by atoms with Gasteiger partial charge in [0, 0.05) is 6.42 Å². The minimum atomic E-state index is -5.00. The van der Waals surface area contributed by atoms with Crippen molar-refractivity contribution in [3.63, 3.8) is 0 Å². The van der Waals surface area contributed by atoms with Crippen LogP contribution < -0.4 is 10.1 Å². The van der Waals surface area contributed by atoms with E-state index < -0.39 is 46.7 Å². The average Bonchev–Trinajstić information content (AvgIpc) is 2.59. The zero-order valence-corrected chi connectivity index (χ0v) is 14.8. The van der Waals surface area contributed by atoms with Gasteiger partial charge < -0.3 is 10.1 Å². The van der Waals surface area contributed by atoms with Crippen LogP contribution in [-0.4, -0.2) is 30.2 Å². The molecule has 1 heterocycles. The van der Waals surface area contributed by atoms with Crippen molar-refractivity contribution >= 4 is 17.5 Å².